The van der Waals surface area contributed by atoms with Crippen LogP contribution in [-0.4, -0.2) is 34.3 Å². The van der Waals surface area contributed by atoms with Gasteiger partial charge in [-0.2, -0.15) is 5.10 Å². The third-order valence-electron chi connectivity index (χ3n) is 3.24. The van der Waals surface area contributed by atoms with Crippen LogP contribution in [-0.2, 0) is 4.79 Å². The van der Waals surface area contributed by atoms with Crippen molar-refractivity contribution in [1.82, 2.24) is 5.43 Å². The molecule has 6 heteroatoms. The molecular weight excluding hydrogens is 304 g/mol. The van der Waals surface area contributed by atoms with Crippen LogP contribution in [0.5, 0.6) is 5.75 Å². The Morgan fingerprint density at radius 1 is 1.33 bits per heavy atom. The van der Waals surface area contributed by atoms with E-state index in [0.29, 0.717) is 6.42 Å². The van der Waals surface area contributed by atoms with E-state index in [1.165, 1.54) is 0 Å². The van der Waals surface area contributed by atoms with Gasteiger partial charge in [-0.1, -0.05) is 0 Å². The van der Waals surface area contributed by atoms with Crippen LogP contribution in [0.25, 0.3) is 0 Å². The Balaban J connectivity index is 1.91. The third kappa shape index (κ3) is 4.68. The van der Waals surface area contributed by atoms with E-state index >= 15 is 0 Å². The molecule has 1 aromatic rings. The van der Waals surface area contributed by atoms with E-state index in [1.807, 2.05) is 54.7 Å². The third-order valence-corrected chi connectivity index (χ3v) is 6.53. The Hall–Kier alpha value is -1.14. The van der Waals surface area contributed by atoms with Crippen LogP contribution in [0.15, 0.2) is 29.4 Å². The highest BCUT2D eigenvalue weighted by Gasteiger charge is 2.32. The number of ether oxygens (including phenoxy) is 1. The SMILES string of the molecule is COc1ccc(/C(C)=N\NC(=O)CC2(C)SCCS2)cc1. The van der Waals surface area contributed by atoms with Crippen molar-refractivity contribution < 1.29 is 9.53 Å². The first-order valence-corrected chi connectivity index (χ1v) is 8.75. The Bertz CT molecular complexity index is 523. The van der Waals surface area contributed by atoms with E-state index in [1.54, 1.807) is 7.11 Å². The molecule has 0 saturated carbocycles. The zero-order valence-electron chi connectivity index (χ0n) is 12.5. The monoisotopic (exact) mass is 324 g/mol. The molecule has 1 saturated heterocycles. The highest BCUT2D eigenvalue weighted by atomic mass is 32.2. The minimum absolute atomic E-state index is 0.00633. The first kappa shape index (κ1) is 16.2. The van der Waals surface area contributed by atoms with Crippen LogP contribution < -0.4 is 10.2 Å². The largest absolute Gasteiger partial charge is 0.497 e. The molecular formula is C15H20N2O2S2. The van der Waals surface area contributed by atoms with Crippen LogP contribution in [0.1, 0.15) is 25.8 Å². The number of carbonyl (C=O) groups excluding carboxylic acids is 1. The minimum atomic E-state index is -0.0349. The Kier molecular flexibility index (Phi) is 5.58. The van der Waals surface area contributed by atoms with Crippen molar-refractivity contribution in [1.29, 1.82) is 0 Å². The summed E-state index contributed by atoms with van der Waals surface area (Å²) in [5.74, 6) is 3.00. The quantitative estimate of drug-likeness (QED) is 0.668. The summed E-state index contributed by atoms with van der Waals surface area (Å²) in [7, 11) is 1.63. The molecule has 2 rings (SSSR count). The fourth-order valence-electron chi connectivity index (χ4n) is 2.03. The van der Waals surface area contributed by atoms with Gasteiger partial charge in [0.15, 0.2) is 0 Å². The molecule has 1 fully saturated rings. The molecule has 1 N–H and O–H groups in total. The zero-order valence-corrected chi connectivity index (χ0v) is 14.1. The molecule has 0 atom stereocenters. The van der Waals surface area contributed by atoms with E-state index in [0.717, 1.165) is 28.5 Å². The number of rotatable bonds is 5. The maximum Gasteiger partial charge on any atom is 0.242 e. The predicted molar refractivity (Wildman–Crippen MR) is 91.3 cm³/mol. The fourth-order valence-corrected chi connectivity index (χ4v) is 4.86. The highest BCUT2D eigenvalue weighted by Crippen LogP contribution is 2.45. The van der Waals surface area contributed by atoms with E-state index in [2.05, 4.69) is 17.5 Å². The van der Waals surface area contributed by atoms with Crippen molar-refractivity contribution >= 4 is 35.1 Å². The highest BCUT2D eigenvalue weighted by molar-refractivity contribution is 8.21. The van der Waals surface area contributed by atoms with Crippen LogP contribution in [0.3, 0.4) is 0 Å². The van der Waals surface area contributed by atoms with Crippen molar-refractivity contribution in [2.75, 3.05) is 18.6 Å². The minimum Gasteiger partial charge on any atom is -0.497 e. The summed E-state index contributed by atoms with van der Waals surface area (Å²) < 4.78 is 5.11. The number of thioether (sulfide) groups is 2. The number of nitrogens with one attached hydrogen (secondary N) is 1. The normalized spacial score (nSPS) is 17.6. The lowest BCUT2D eigenvalue weighted by Crippen LogP contribution is -2.26. The molecule has 1 aliphatic rings. The van der Waals surface area contributed by atoms with Crippen molar-refractivity contribution in [2.45, 2.75) is 24.3 Å². The van der Waals surface area contributed by atoms with Gasteiger partial charge in [0.05, 0.1) is 23.3 Å². The number of carbonyl (C=O) groups is 1. The van der Waals surface area contributed by atoms with Gasteiger partial charge in [-0.15, -0.1) is 23.5 Å². The summed E-state index contributed by atoms with van der Waals surface area (Å²) in [6, 6.07) is 7.60. The van der Waals surface area contributed by atoms with Crippen molar-refractivity contribution in [2.24, 2.45) is 5.10 Å². The molecule has 0 radical (unpaired) electrons. The van der Waals surface area contributed by atoms with Crippen molar-refractivity contribution in [3.8, 4) is 5.75 Å². The van der Waals surface area contributed by atoms with Crippen LogP contribution in [0, 0.1) is 0 Å². The molecule has 1 heterocycles. The first-order chi connectivity index (χ1) is 10.0. The lowest BCUT2D eigenvalue weighted by atomic mass is 10.1. The van der Waals surface area contributed by atoms with Gasteiger partial charge < -0.3 is 4.74 Å². The second-order valence-corrected chi connectivity index (χ2v) is 8.42. The molecule has 0 unspecified atom stereocenters. The van der Waals surface area contributed by atoms with Gasteiger partial charge in [0.1, 0.15) is 5.75 Å². The standard InChI is InChI=1S/C15H20N2O2S2/c1-11(12-4-6-13(19-3)7-5-12)16-17-14(18)10-15(2)20-8-9-21-15/h4-7H,8-10H2,1-3H3,(H,17,18)/b16-11-. The van der Waals surface area contributed by atoms with Gasteiger partial charge in [-0.25, -0.2) is 5.43 Å². The second-order valence-electron chi connectivity index (χ2n) is 4.97. The maximum atomic E-state index is 12.0. The number of hydrazone groups is 1. The fraction of sp³-hybridized carbons (Fsp3) is 0.467. The topological polar surface area (TPSA) is 50.7 Å². The van der Waals surface area contributed by atoms with Gasteiger partial charge in [0.25, 0.3) is 0 Å². The summed E-state index contributed by atoms with van der Waals surface area (Å²) in [4.78, 5) is 12.0. The molecule has 114 valence electrons. The summed E-state index contributed by atoms with van der Waals surface area (Å²) in [6.45, 7) is 4.00. The predicted octanol–water partition coefficient (Wildman–Crippen LogP) is 3.12. The van der Waals surface area contributed by atoms with Crippen LogP contribution in [0.2, 0.25) is 0 Å². The number of amides is 1. The van der Waals surface area contributed by atoms with Crippen molar-refractivity contribution in [3.05, 3.63) is 29.8 Å². The number of benzene rings is 1. The zero-order chi connectivity index (χ0) is 15.3. The van der Waals surface area contributed by atoms with Gasteiger partial charge in [-0.3, -0.25) is 4.79 Å². The van der Waals surface area contributed by atoms with Gasteiger partial charge >= 0.3 is 0 Å². The van der Waals surface area contributed by atoms with E-state index < -0.39 is 0 Å². The molecule has 21 heavy (non-hydrogen) atoms. The average molecular weight is 324 g/mol. The van der Waals surface area contributed by atoms with Crippen LogP contribution >= 0.6 is 23.5 Å². The average Bonchev–Trinajstić information content (AvgIpc) is 2.91. The summed E-state index contributed by atoms with van der Waals surface area (Å²) in [5, 5.41) is 4.18. The maximum absolute atomic E-state index is 12.0. The molecule has 4 nitrogen and oxygen atoms in total. The van der Waals surface area contributed by atoms with Crippen molar-refractivity contribution in [3.63, 3.8) is 0 Å². The lowest BCUT2D eigenvalue weighted by Gasteiger charge is -2.19. The molecule has 0 aromatic heterocycles. The smallest absolute Gasteiger partial charge is 0.242 e. The molecule has 0 spiro atoms. The first-order valence-electron chi connectivity index (χ1n) is 6.78. The lowest BCUT2D eigenvalue weighted by molar-refractivity contribution is -0.121. The Morgan fingerprint density at radius 3 is 2.52 bits per heavy atom. The van der Waals surface area contributed by atoms with Gasteiger partial charge in [0, 0.05) is 11.5 Å². The van der Waals surface area contributed by atoms with E-state index in [-0.39, 0.29) is 9.99 Å². The number of hydrogen-bond donors (Lipinski definition) is 1. The second kappa shape index (κ2) is 7.22. The van der Waals surface area contributed by atoms with E-state index in [9.17, 15) is 4.79 Å². The molecule has 0 bridgehead atoms. The number of hydrogen-bond acceptors (Lipinski definition) is 5. The van der Waals surface area contributed by atoms with E-state index in [4.69, 9.17) is 4.74 Å². The summed E-state index contributed by atoms with van der Waals surface area (Å²) in [6.07, 6.45) is 0.488. The summed E-state index contributed by atoms with van der Waals surface area (Å²) in [5.41, 5.74) is 4.40. The molecule has 1 aliphatic heterocycles. The Labute approximate surface area is 134 Å². The molecule has 0 aliphatic carbocycles. The molecule has 1 aromatic carbocycles. The number of methoxy groups -OCH3 is 1. The Morgan fingerprint density at radius 2 is 1.95 bits per heavy atom. The van der Waals surface area contributed by atoms with Gasteiger partial charge in [-0.05, 0) is 43.7 Å². The van der Waals surface area contributed by atoms with Gasteiger partial charge in [0.2, 0.25) is 5.91 Å². The van der Waals surface area contributed by atoms with Crippen LogP contribution in [0.4, 0.5) is 0 Å². The molecule has 1 amide bonds. The summed E-state index contributed by atoms with van der Waals surface area (Å²) >= 11 is 3.70. The number of nitrogens with zero attached hydrogens (tertiary/aromatic N) is 1.